The molecule has 0 aromatic heterocycles. The van der Waals surface area contributed by atoms with Crippen molar-refractivity contribution in [2.75, 3.05) is 0 Å². The van der Waals surface area contributed by atoms with Gasteiger partial charge in [0.1, 0.15) is 0 Å². The Morgan fingerprint density at radius 2 is 0.800 bits per heavy atom. The first-order valence-electron chi connectivity index (χ1n) is 5.27. The minimum atomic E-state index is -7.81. The van der Waals surface area contributed by atoms with Gasteiger partial charge in [0.2, 0.25) is 0 Å². The Bertz CT molecular complexity index is 572. The van der Waals surface area contributed by atoms with Gasteiger partial charge in [0.15, 0.2) is 5.83 Å². The maximum absolute atomic E-state index is 13.4. The minimum absolute atomic E-state index is 5.01. The van der Waals surface area contributed by atoms with E-state index in [4.69, 9.17) is 0 Å². The van der Waals surface area contributed by atoms with E-state index in [9.17, 15) is 70.2 Å². The summed E-state index contributed by atoms with van der Waals surface area (Å²) in [5.74, 6) is -35.1. The van der Waals surface area contributed by atoms with Crippen molar-refractivity contribution in [1.29, 1.82) is 0 Å². The SMILES string of the molecule is FC1=C(C(F)(C(F)(F)F)C(F)(F)F)C(F)(F)C(F)(F)C(F)(F)C1(F)F. The Morgan fingerprint density at radius 3 is 1.08 bits per heavy atom. The van der Waals surface area contributed by atoms with E-state index in [1.54, 1.807) is 0 Å². The molecule has 0 heterocycles. The van der Waals surface area contributed by atoms with Gasteiger partial charge in [-0.2, -0.15) is 61.5 Å². The highest BCUT2D eigenvalue weighted by Gasteiger charge is 2.92. The van der Waals surface area contributed by atoms with E-state index >= 15 is 0 Å². The molecule has 1 rings (SSSR count). The fourth-order valence-electron chi connectivity index (χ4n) is 1.80. The Morgan fingerprint density at radius 1 is 0.520 bits per heavy atom. The lowest BCUT2D eigenvalue weighted by Gasteiger charge is -2.45. The van der Waals surface area contributed by atoms with Crippen LogP contribution < -0.4 is 0 Å². The average molecular weight is 412 g/mol. The standard InChI is InChI=1S/C9F16/c10-2-1(3(11,8(20,21)22)9(23,24)25)4(12,13)6(16,17)7(18,19)5(2,14)15. The number of hydrogen-bond acceptors (Lipinski definition) is 0. The number of hydrogen-bond donors (Lipinski definition) is 0. The molecule has 1 aliphatic carbocycles. The van der Waals surface area contributed by atoms with Crippen molar-refractivity contribution in [3.05, 3.63) is 11.4 Å². The molecule has 0 aromatic rings. The Hall–Kier alpha value is -1.38. The molecule has 0 aliphatic heterocycles. The van der Waals surface area contributed by atoms with Crippen molar-refractivity contribution >= 4 is 0 Å². The third-order valence-electron chi connectivity index (χ3n) is 3.12. The van der Waals surface area contributed by atoms with E-state index in [2.05, 4.69) is 0 Å². The van der Waals surface area contributed by atoms with E-state index < -0.39 is 53.1 Å². The number of alkyl halides is 15. The van der Waals surface area contributed by atoms with Gasteiger partial charge in [-0.15, -0.1) is 0 Å². The first-order valence-corrected chi connectivity index (χ1v) is 5.27. The van der Waals surface area contributed by atoms with Crippen LogP contribution in [0.2, 0.25) is 0 Å². The molecule has 0 nitrogen and oxygen atoms in total. The van der Waals surface area contributed by atoms with Gasteiger partial charge in [-0.1, -0.05) is 0 Å². The summed E-state index contributed by atoms with van der Waals surface area (Å²) in [6.45, 7) is 0. The summed E-state index contributed by atoms with van der Waals surface area (Å²) in [5.41, 5.74) is -13.0. The van der Waals surface area contributed by atoms with Crippen molar-refractivity contribution < 1.29 is 70.2 Å². The summed E-state index contributed by atoms with van der Waals surface area (Å²) in [4.78, 5) is 0. The van der Waals surface area contributed by atoms with Gasteiger partial charge in [-0.25, -0.2) is 8.78 Å². The van der Waals surface area contributed by atoms with Crippen LogP contribution in [-0.4, -0.2) is 41.7 Å². The molecule has 0 unspecified atom stereocenters. The number of rotatable bonds is 1. The van der Waals surface area contributed by atoms with Crippen LogP contribution in [0.1, 0.15) is 0 Å². The third kappa shape index (κ3) is 2.23. The largest absolute Gasteiger partial charge is 0.435 e. The smallest absolute Gasteiger partial charge is 0.218 e. The van der Waals surface area contributed by atoms with Gasteiger partial charge in [-0.3, -0.25) is 0 Å². The molecule has 0 saturated carbocycles. The van der Waals surface area contributed by atoms with Crippen LogP contribution in [-0.2, 0) is 0 Å². The molecule has 0 spiro atoms. The molecule has 0 aromatic carbocycles. The molecular weight excluding hydrogens is 412 g/mol. The Labute approximate surface area is 125 Å². The van der Waals surface area contributed by atoms with Crippen LogP contribution in [0.3, 0.4) is 0 Å². The van der Waals surface area contributed by atoms with E-state index in [0.29, 0.717) is 0 Å². The van der Waals surface area contributed by atoms with Crippen LogP contribution in [0.25, 0.3) is 0 Å². The summed E-state index contributed by atoms with van der Waals surface area (Å²) < 4.78 is 204. The lowest BCUT2D eigenvalue weighted by molar-refractivity contribution is -0.385. The number of allylic oxidation sites excluding steroid dienone is 2. The summed E-state index contributed by atoms with van der Waals surface area (Å²) >= 11 is 0. The molecule has 0 radical (unpaired) electrons. The van der Waals surface area contributed by atoms with Gasteiger partial charge in [0.05, 0.1) is 5.57 Å². The van der Waals surface area contributed by atoms with Gasteiger partial charge in [0, 0.05) is 0 Å². The molecule has 0 fully saturated rings. The van der Waals surface area contributed by atoms with Gasteiger partial charge in [0.25, 0.3) is 0 Å². The van der Waals surface area contributed by atoms with E-state index in [0.717, 1.165) is 0 Å². The fraction of sp³-hybridized carbons (Fsp3) is 0.778. The molecule has 148 valence electrons. The second-order valence-corrected chi connectivity index (χ2v) is 4.64. The molecule has 1 aliphatic rings. The zero-order valence-electron chi connectivity index (χ0n) is 10.5. The van der Waals surface area contributed by atoms with Crippen molar-refractivity contribution in [2.45, 2.75) is 41.7 Å². The third-order valence-corrected chi connectivity index (χ3v) is 3.12. The predicted molar refractivity (Wildman–Crippen MR) is 43.9 cm³/mol. The molecule has 0 N–H and O–H groups in total. The molecule has 0 saturated heterocycles. The van der Waals surface area contributed by atoms with Crippen LogP contribution in [0.4, 0.5) is 70.2 Å². The fourth-order valence-corrected chi connectivity index (χ4v) is 1.80. The topological polar surface area (TPSA) is 0 Å². The lowest BCUT2D eigenvalue weighted by Crippen LogP contribution is -2.71. The summed E-state index contributed by atoms with van der Waals surface area (Å²) in [5, 5.41) is 0. The second-order valence-electron chi connectivity index (χ2n) is 4.64. The first kappa shape index (κ1) is 21.7. The predicted octanol–water partition coefficient (Wildman–Crippen LogP) is 5.60. The molecule has 0 amide bonds. The molecule has 0 bridgehead atoms. The van der Waals surface area contributed by atoms with Crippen LogP contribution in [0.5, 0.6) is 0 Å². The molecule has 25 heavy (non-hydrogen) atoms. The van der Waals surface area contributed by atoms with Crippen molar-refractivity contribution in [1.82, 2.24) is 0 Å². The highest BCUT2D eigenvalue weighted by molar-refractivity contribution is 5.43. The lowest BCUT2D eigenvalue weighted by atomic mass is 9.77. The van der Waals surface area contributed by atoms with Crippen molar-refractivity contribution in [2.24, 2.45) is 0 Å². The van der Waals surface area contributed by atoms with Crippen molar-refractivity contribution in [3.63, 3.8) is 0 Å². The maximum Gasteiger partial charge on any atom is 0.435 e. The zero-order valence-corrected chi connectivity index (χ0v) is 10.5. The average Bonchev–Trinajstić information content (AvgIpc) is 2.33. The van der Waals surface area contributed by atoms with Gasteiger partial charge < -0.3 is 0 Å². The van der Waals surface area contributed by atoms with Crippen molar-refractivity contribution in [3.8, 4) is 0 Å². The quantitative estimate of drug-likeness (QED) is 0.493. The van der Waals surface area contributed by atoms with Crippen LogP contribution >= 0.6 is 0 Å². The maximum atomic E-state index is 13.4. The van der Waals surface area contributed by atoms with Gasteiger partial charge >= 0.3 is 41.7 Å². The zero-order chi connectivity index (χ0) is 20.7. The monoisotopic (exact) mass is 412 g/mol. The summed E-state index contributed by atoms with van der Waals surface area (Å²) in [6.07, 6.45) is -15.5. The minimum Gasteiger partial charge on any atom is -0.218 e. The highest BCUT2D eigenvalue weighted by Crippen LogP contribution is 2.67. The molecular formula is C9F16. The number of halogens is 16. The second kappa shape index (κ2) is 4.86. The van der Waals surface area contributed by atoms with E-state index in [1.165, 1.54) is 0 Å². The van der Waals surface area contributed by atoms with E-state index in [1.807, 2.05) is 0 Å². The Balaban J connectivity index is 4.14. The Kier molecular flexibility index (Phi) is 4.22. The summed E-state index contributed by atoms with van der Waals surface area (Å²) in [7, 11) is 0. The van der Waals surface area contributed by atoms with Crippen LogP contribution in [0, 0.1) is 0 Å². The normalized spacial score (nSPS) is 25.9. The van der Waals surface area contributed by atoms with Gasteiger partial charge in [-0.05, 0) is 0 Å². The molecule has 16 heteroatoms. The van der Waals surface area contributed by atoms with E-state index in [-0.39, 0.29) is 0 Å². The highest BCUT2D eigenvalue weighted by atomic mass is 19.4. The summed E-state index contributed by atoms with van der Waals surface area (Å²) in [6, 6.07) is 0. The van der Waals surface area contributed by atoms with Crippen LogP contribution in [0.15, 0.2) is 11.4 Å². The first-order chi connectivity index (χ1) is 10.5. The molecule has 0 atom stereocenters.